The summed E-state index contributed by atoms with van der Waals surface area (Å²) in [6, 6.07) is 0.151. The third kappa shape index (κ3) is 3.10. The molecule has 6 atom stereocenters. The molecule has 6 heteroatoms. The van der Waals surface area contributed by atoms with Crippen LogP contribution >= 0.6 is 0 Å². The number of aromatic nitrogens is 2. The third-order valence-corrected chi connectivity index (χ3v) is 9.67. The summed E-state index contributed by atoms with van der Waals surface area (Å²) in [5.41, 5.74) is 12.1. The van der Waals surface area contributed by atoms with Crippen molar-refractivity contribution < 1.29 is 10.2 Å². The number of H-pyrrole nitrogens is 2. The summed E-state index contributed by atoms with van der Waals surface area (Å²) < 4.78 is 0. The van der Waals surface area contributed by atoms with Crippen molar-refractivity contribution in [1.82, 2.24) is 20.6 Å². The predicted molar refractivity (Wildman–Crippen MR) is 144 cm³/mol. The average molecular weight is 487 g/mol. The first-order valence-corrected chi connectivity index (χ1v) is 13.2. The van der Waals surface area contributed by atoms with Crippen molar-refractivity contribution in [3.63, 3.8) is 0 Å². The SMILES string of the molecule is CC1=C2/C=C3\NC(C4=c5[nH]/c(c(C)c5[C@@H](O)[C@@H]4C)=C\c4[nH]c(c(C)c4CO)/C=C(\N2)[C@@H]1C)[C@@H](C)[C@@H]3C. The Hall–Kier alpha value is -2.96. The van der Waals surface area contributed by atoms with E-state index in [1.807, 2.05) is 0 Å². The summed E-state index contributed by atoms with van der Waals surface area (Å²) in [5.74, 6) is 1.08. The van der Waals surface area contributed by atoms with E-state index in [4.69, 9.17) is 0 Å². The molecule has 1 unspecified atom stereocenters. The zero-order chi connectivity index (χ0) is 25.6. The van der Waals surface area contributed by atoms with Gasteiger partial charge in [-0.3, -0.25) is 0 Å². The molecule has 0 aromatic carbocycles. The van der Waals surface area contributed by atoms with Gasteiger partial charge in [0.25, 0.3) is 0 Å². The molecule has 0 amide bonds. The molecule has 0 saturated carbocycles. The molecule has 1 aliphatic carbocycles. The molecule has 6 rings (SSSR count). The second-order valence-electron chi connectivity index (χ2n) is 11.4. The molecule has 2 aromatic rings. The fourth-order valence-electron chi connectivity index (χ4n) is 6.75. The van der Waals surface area contributed by atoms with Gasteiger partial charge in [0.1, 0.15) is 0 Å². The van der Waals surface area contributed by atoms with Crippen LogP contribution in [-0.4, -0.2) is 26.2 Å². The van der Waals surface area contributed by atoms with Crippen LogP contribution in [0.2, 0.25) is 0 Å². The van der Waals surface area contributed by atoms with Crippen LogP contribution < -0.4 is 21.3 Å². The van der Waals surface area contributed by atoms with Crippen molar-refractivity contribution in [2.24, 2.45) is 23.7 Å². The lowest BCUT2D eigenvalue weighted by Gasteiger charge is -2.24. The normalized spacial score (nSPS) is 34.6. The van der Waals surface area contributed by atoms with Crippen molar-refractivity contribution in [2.75, 3.05) is 0 Å². The van der Waals surface area contributed by atoms with Crippen molar-refractivity contribution in [3.05, 3.63) is 73.1 Å². The molecular formula is C30H38N4O2. The summed E-state index contributed by atoms with van der Waals surface area (Å²) in [6.07, 6.45) is 6.04. The van der Waals surface area contributed by atoms with E-state index in [0.717, 1.165) is 55.7 Å². The van der Waals surface area contributed by atoms with Crippen molar-refractivity contribution in [1.29, 1.82) is 0 Å². The van der Waals surface area contributed by atoms with E-state index in [9.17, 15) is 10.2 Å². The number of allylic oxidation sites excluding steroid dienone is 3. The Bertz CT molecular complexity index is 1500. The fraction of sp³-hybridized carbons (Fsp3) is 0.467. The Morgan fingerprint density at radius 1 is 0.861 bits per heavy atom. The molecule has 8 bridgehead atoms. The largest absolute Gasteiger partial charge is 0.392 e. The zero-order valence-corrected chi connectivity index (χ0v) is 22.3. The molecule has 3 aliphatic heterocycles. The average Bonchev–Trinajstić information content (AvgIpc) is 3.55. The topological polar surface area (TPSA) is 96.1 Å². The molecule has 4 aliphatic rings. The van der Waals surface area contributed by atoms with E-state index in [0.29, 0.717) is 11.8 Å². The second-order valence-corrected chi connectivity index (χ2v) is 11.4. The molecule has 5 heterocycles. The highest BCUT2D eigenvalue weighted by Gasteiger charge is 2.43. The van der Waals surface area contributed by atoms with Gasteiger partial charge in [0, 0.05) is 68.1 Å². The Morgan fingerprint density at radius 2 is 1.61 bits per heavy atom. The Morgan fingerprint density at radius 3 is 2.33 bits per heavy atom. The summed E-state index contributed by atoms with van der Waals surface area (Å²) in [4.78, 5) is 7.26. The number of aliphatic hydroxyl groups excluding tert-OH is 2. The summed E-state index contributed by atoms with van der Waals surface area (Å²) >= 11 is 0. The minimum atomic E-state index is -0.532. The van der Waals surface area contributed by atoms with E-state index >= 15 is 0 Å². The fourth-order valence-corrected chi connectivity index (χ4v) is 6.75. The molecule has 1 fully saturated rings. The van der Waals surface area contributed by atoms with Crippen molar-refractivity contribution in [3.8, 4) is 0 Å². The third-order valence-electron chi connectivity index (χ3n) is 9.67. The van der Waals surface area contributed by atoms with Gasteiger partial charge in [0.15, 0.2) is 0 Å². The lowest BCUT2D eigenvalue weighted by Crippen LogP contribution is -2.33. The minimum Gasteiger partial charge on any atom is -0.392 e. The van der Waals surface area contributed by atoms with Crippen LogP contribution in [0, 0.1) is 37.5 Å². The van der Waals surface area contributed by atoms with E-state index in [2.05, 4.69) is 87.3 Å². The first kappa shape index (κ1) is 23.4. The summed E-state index contributed by atoms with van der Waals surface area (Å²) in [7, 11) is 0. The van der Waals surface area contributed by atoms with Gasteiger partial charge in [-0.2, -0.15) is 0 Å². The molecule has 36 heavy (non-hydrogen) atoms. The molecule has 2 aromatic heterocycles. The minimum absolute atomic E-state index is 0.0349. The maximum Gasteiger partial charge on any atom is 0.0877 e. The molecular weight excluding hydrogens is 448 g/mol. The molecule has 1 saturated heterocycles. The van der Waals surface area contributed by atoms with Gasteiger partial charge in [-0.15, -0.1) is 0 Å². The van der Waals surface area contributed by atoms with Gasteiger partial charge in [0.2, 0.25) is 0 Å². The van der Waals surface area contributed by atoms with Gasteiger partial charge in [-0.05, 0) is 67.2 Å². The highest BCUT2D eigenvalue weighted by atomic mass is 16.3. The predicted octanol–water partition coefficient (Wildman–Crippen LogP) is 3.11. The number of hydrogen-bond donors (Lipinski definition) is 6. The van der Waals surface area contributed by atoms with Gasteiger partial charge in [-0.25, -0.2) is 0 Å². The van der Waals surface area contributed by atoms with Crippen LogP contribution in [0.4, 0.5) is 0 Å². The Kier molecular flexibility index (Phi) is 5.22. The maximum absolute atomic E-state index is 11.3. The van der Waals surface area contributed by atoms with Crippen LogP contribution in [0.1, 0.15) is 74.4 Å². The maximum atomic E-state index is 11.3. The highest BCUT2D eigenvalue weighted by molar-refractivity contribution is 5.67. The standard InChI is InChI=1S/C30H38N4O2/c1-12-13(2)21-9-23-16(5)19(11-35)25(32-23)10-24-17(6)27-29(34-24)26(18(7)30(27)36)28-15(4)14(3)22(33-28)8-20(12)31-21/h8-10,13-15,18,28,30-36H,11H2,1-7H3/b21-9-,22-8-,24-10-/t13-,14+,15+,18-,28?,30+/m1/s1. The molecule has 190 valence electrons. The molecule has 6 N–H and O–H groups in total. The number of aromatic amines is 2. The number of fused-ring (bicyclic) bond motifs is 8. The number of hydrogen-bond acceptors (Lipinski definition) is 4. The molecule has 0 spiro atoms. The van der Waals surface area contributed by atoms with E-state index in [-0.39, 0.29) is 24.5 Å². The van der Waals surface area contributed by atoms with E-state index in [1.54, 1.807) is 0 Å². The van der Waals surface area contributed by atoms with Gasteiger partial charge < -0.3 is 30.8 Å². The zero-order valence-electron chi connectivity index (χ0n) is 22.3. The smallest absolute Gasteiger partial charge is 0.0877 e. The van der Waals surface area contributed by atoms with Crippen LogP contribution in [-0.2, 0) is 6.61 Å². The van der Waals surface area contributed by atoms with Gasteiger partial charge in [-0.1, -0.05) is 27.7 Å². The highest BCUT2D eigenvalue weighted by Crippen LogP contribution is 2.43. The molecule has 6 nitrogen and oxygen atoms in total. The first-order valence-electron chi connectivity index (χ1n) is 13.2. The van der Waals surface area contributed by atoms with Gasteiger partial charge >= 0.3 is 0 Å². The molecule has 0 radical (unpaired) electrons. The van der Waals surface area contributed by atoms with E-state index < -0.39 is 6.10 Å². The summed E-state index contributed by atoms with van der Waals surface area (Å²) in [5, 5.41) is 31.2. The lowest BCUT2D eigenvalue weighted by atomic mass is 9.84. The monoisotopic (exact) mass is 486 g/mol. The van der Waals surface area contributed by atoms with Crippen LogP contribution in [0.3, 0.4) is 0 Å². The second kappa shape index (κ2) is 8.02. The summed E-state index contributed by atoms with van der Waals surface area (Å²) in [6.45, 7) is 15.3. The first-order chi connectivity index (χ1) is 17.1. The van der Waals surface area contributed by atoms with Gasteiger partial charge in [0.05, 0.1) is 18.8 Å². The Labute approximate surface area is 212 Å². The van der Waals surface area contributed by atoms with Crippen molar-refractivity contribution in [2.45, 2.75) is 67.2 Å². The number of nitrogens with one attached hydrogen (secondary N) is 4. The van der Waals surface area contributed by atoms with Crippen LogP contribution in [0.25, 0.3) is 17.7 Å². The van der Waals surface area contributed by atoms with E-state index in [1.165, 1.54) is 16.8 Å². The van der Waals surface area contributed by atoms with Crippen molar-refractivity contribution >= 4 is 17.7 Å². The lowest BCUT2D eigenvalue weighted by molar-refractivity contribution is 0.146. The Balaban J connectivity index is 1.67. The van der Waals surface area contributed by atoms with Crippen LogP contribution in [0.15, 0.2) is 28.7 Å². The number of aliphatic hydroxyl groups is 2. The quantitative estimate of drug-likeness (QED) is 0.373. The van der Waals surface area contributed by atoms with Crippen LogP contribution in [0.5, 0.6) is 0 Å². The number of rotatable bonds is 1.